The standard InChI is InChI=1S/C17H29N5OS.HI/c1-6-18-17(19-9-15-12(4)20-13(5)24-15)21-14-7-8-22(10-14)16(23)11(2)3;/h11,14H,6-10H2,1-5H3,(H2,18,19,21);1H. The molecule has 0 radical (unpaired) electrons. The third-order valence-electron chi connectivity index (χ3n) is 4.06. The van der Waals surface area contributed by atoms with Crippen molar-refractivity contribution in [3.8, 4) is 0 Å². The van der Waals surface area contributed by atoms with Gasteiger partial charge in [-0.25, -0.2) is 9.98 Å². The Labute approximate surface area is 171 Å². The van der Waals surface area contributed by atoms with Gasteiger partial charge in [-0.3, -0.25) is 4.79 Å². The lowest BCUT2D eigenvalue weighted by Crippen LogP contribution is -2.45. The summed E-state index contributed by atoms with van der Waals surface area (Å²) >= 11 is 1.70. The summed E-state index contributed by atoms with van der Waals surface area (Å²) in [6.45, 7) is 13.0. The Morgan fingerprint density at radius 3 is 2.72 bits per heavy atom. The van der Waals surface area contributed by atoms with Crippen LogP contribution in [0.3, 0.4) is 0 Å². The Morgan fingerprint density at radius 2 is 2.16 bits per heavy atom. The Bertz CT molecular complexity index is 602. The van der Waals surface area contributed by atoms with Crippen LogP contribution >= 0.6 is 35.3 Å². The first kappa shape index (κ1) is 22.1. The van der Waals surface area contributed by atoms with Gasteiger partial charge < -0.3 is 15.5 Å². The second-order valence-corrected chi connectivity index (χ2v) is 7.79. The van der Waals surface area contributed by atoms with Gasteiger partial charge in [0.25, 0.3) is 0 Å². The molecule has 1 saturated heterocycles. The molecule has 8 heteroatoms. The van der Waals surface area contributed by atoms with Crippen molar-refractivity contribution in [2.45, 2.75) is 53.6 Å². The molecule has 1 fully saturated rings. The van der Waals surface area contributed by atoms with Gasteiger partial charge in [-0.2, -0.15) is 0 Å². The molecule has 1 aliphatic rings. The monoisotopic (exact) mass is 479 g/mol. The molecule has 25 heavy (non-hydrogen) atoms. The molecule has 0 bridgehead atoms. The van der Waals surface area contributed by atoms with E-state index in [-0.39, 0.29) is 41.8 Å². The van der Waals surface area contributed by atoms with Crippen LogP contribution in [0.2, 0.25) is 0 Å². The van der Waals surface area contributed by atoms with E-state index in [2.05, 4.69) is 27.5 Å². The number of halogens is 1. The quantitative estimate of drug-likeness (QED) is 0.387. The fourth-order valence-electron chi connectivity index (χ4n) is 2.83. The van der Waals surface area contributed by atoms with Gasteiger partial charge in [0.1, 0.15) is 0 Å². The lowest BCUT2D eigenvalue weighted by atomic mass is 10.2. The molecule has 0 saturated carbocycles. The van der Waals surface area contributed by atoms with Gasteiger partial charge in [-0.05, 0) is 27.2 Å². The van der Waals surface area contributed by atoms with Crippen molar-refractivity contribution in [2.75, 3.05) is 19.6 Å². The molecule has 1 aromatic heterocycles. The summed E-state index contributed by atoms with van der Waals surface area (Å²) in [6, 6.07) is 0.259. The minimum absolute atomic E-state index is 0. The van der Waals surface area contributed by atoms with E-state index in [1.165, 1.54) is 4.88 Å². The van der Waals surface area contributed by atoms with Crippen molar-refractivity contribution in [3.05, 3.63) is 15.6 Å². The second-order valence-electron chi connectivity index (χ2n) is 6.51. The summed E-state index contributed by atoms with van der Waals surface area (Å²) in [5, 5.41) is 7.84. The number of nitrogens with one attached hydrogen (secondary N) is 2. The fraction of sp³-hybridized carbons (Fsp3) is 0.706. The van der Waals surface area contributed by atoms with Gasteiger partial charge in [0.2, 0.25) is 5.91 Å². The van der Waals surface area contributed by atoms with Crippen LogP contribution in [-0.4, -0.2) is 47.4 Å². The van der Waals surface area contributed by atoms with Crippen LogP contribution in [0.25, 0.3) is 0 Å². The predicted octanol–water partition coefficient (Wildman–Crippen LogP) is 2.69. The second kappa shape index (κ2) is 10.3. The number of thiazole rings is 1. The lowest BCUT2D eigenvalue weighted by molar-refractivity contribution is -0.133. The number of likely N-dealkylation sites (tertiary alicyclic amines) is 1. The summed E-state index contributed by atoms with van der Waals surface area (Å²) in [7, 11) is 0. The number of nitrogens with zero attached hydrogens (tertiary/aromatic N) is 3. The largest absolute Gasteiger partial charge is 0.357 e. The van der Waals surface area contributed by atoms with Crippen molar-refractivity contribution in [2.24, 2.45) is 10.9 Å². The van der Waals surface area contributed by atoms with E-state index in [1.807, 2.05) is 32.6 Å². The Morgan fingerprint density at radius 1 is 1.44 bits per heavy atom. The summed E-state index contributed by atoms with van der Waals surface area (Å²) < 4.78 is 0. The number of aliphatic imine (C=N–C) groups is 1. The van der Waals surface area contributed by atoms with Crippen molar-refractivity contribution < 1.29 is 4.79 Å². The third-order valence-corrected chi connectivity index (χ3v) is 5.12. The maximum absolute atomic E-state index is 12.1. The normalized spacial score (nSPS) is 17.6. The zero-order valence-electron chi connectivity index (χ0n) is 15.8. The molecule has 2 heterocycles. The maximum Gasteiger partial charge on any atom is 0.225 e. The van der Waals surface area contributed by atoms with E-state index in [0.29, 0.717) is 6.54 Å². The van der Waals surface area contributed by atoms with Gasteiger partial charge in [0, 0.05) is 36.5 Å². The summed E-state index contributed by atoms with van der Waals surface area (Å²) in [6.07, 6.45) is 0.960. The first-order valence-corrected chi connectivity index (χ1v) is 9.48. The highest BCUT2D eigenvalue weighted by molar-refractivity contribution is 14.0. The van der Waals surface area contributed by atoms with Gasteiger partial charge >= 0.3 is 0 Å². The third kappa shape index (κ3) is 6.40. The molecule has 2 N–H and O–H groups in total. The maximum atomic E-state index is 12.1. The van der Waals surface area contributed by atoms with E-state index >= 15 is 0 Å². The van der Waals surface area contributed by atoms with E-state index in [1.54, 1.807) is 11.3 Å². The summed E-state index contributed by atoms with van der Waals surface area (Å²) in [5.41, 5.74) is 1.06. The zero-order chi connectivity index (χ0) is 17.7. The highest BCUT2D eigenvalue weighted by Gasteiger charge is 2.27. The van der Waals surface area contributed by atoms with Gasteiger partial charge in [-0.1, -0.05) is 13.8 Å². The molecule has 6 nitrogen and oxygen atoms in total. The molecule has 2 rings (SSSR count). The number of carbonyl (C=O) groups excluding carboxylic acids is 1. The number of rotatable bonds is 5. The van der Waals surface area contributed by atoms with Crippen molar-refractivity contribution in [1.82, 2.24) is 20.5 Å². The molecule has 142 valence electrons. The van der Waals surface area contributed by atoms with Crippen molar-refractivity contribution >= 4 is 47.2 Å². The van der Waals surface area contributed by atoms with E-state index < -0.39 is 0 Å². The highest BCUT2D eigenvalue weighted by Crippen LogP contribution is 2.18. The smallest absolute Gasteiger partial charge is 0.225 e. The van der Waals surface area contributed by atoms with Crippen molar-refractivity contribution in [1.29, 1.82) is 0 Å². The zero-order valence-corrected chi connectivity index (χ0v) is 18.9. The Hall–Kier alpha value is -0.900. The van der Waals surface area contributed by atoms with E-state index in [4.69, 9.17) is 0 Å². The topological polar surface area (TPSA) is 69.6 Å². The van der Waals surface area contributed by atoms with E-state index in [9.17, 15) is 4.79 Å². The van der Waals surface area contributed by atoms with E-state index in [0.717, 1.165) is 42.7 Å². The summed E-state index contributed by atoms with van der Waals surface area (Å²) in [4.78, 5) is 24.4. The number of hydrogen-bond acceptors (Lipinski definition) is 4. The average molecular weight is 479 g/mol. The molecule has 1 aliphatic heterocycles. The molecule has 1 amide bonds. The van der Waals surface area contributed by atoms with Gasteiger partial charge in [0.05, 0.1) is 17.2 Å². The van der Waals surface area contributed by atoms with Gasteiger partial charge in [-0.15, -0.1) is 35.3 Å². The van der Waals surface area contributed by atoms with Gasteiger partial charge in [0.15, 0.2) is 5.96 Å². The van der Waals surface area contributed by atoms with Crippen LogP contribution in [0.1, 0.15) is 42.8 Å². The van der Waals surface area contributed by atoms with Crippen molar-refractivity contribution in [3.63, 3.8) is 0 Å². The molecule has 1 aromatic rings. The highest BCUT2D eigenvalue weighted by atomic mass is 127. The molecule has 1 unspecified atom stereocenters. The first-order chi connectivity index (χ1) is 11.4. The lowest BCUT2D eigenvalue weighted by Gasteiger charge is -2.20. The van der Waals surface area contributed by atoms with Crippen LogP contribution in [0, 0.1) is 19.8 Å². The number of amides is 1. The minimum Gasteiger partial charge on any atom is -0.357 e. The molecular formula is C17H30IN5OS. The number of carbonyl (C=O) groups is 1. The molecule has 0 spiro atoms. The van der Waals surface area contributed by atoms with Crippen LogP contribution in [0.15, 0.2) is 4.99 Å². The number of aromatic nitrogens is 1. The first-order valence-electron chi connectivity index (χ1n) is 8.67. The van der Waals surface area contributed by atoms with Crippen LogP contribution in [0.4, 0.5) is 0 Å². The number of guanidine groups is 1. The number of aryl methyl sites for hydroxylation is 2. The van der Waals surface area contributed by atoms with Crippen LogP contribution in [0.5, 0.6) is 0 Å². The summed E-state index contributed by atoms with van der Waals surface area (Å²) in [5.74, 6) is 1.10. The molecule has 1 atom stereocenters. The van der Waals surface area contributed by atoms with Crippen LogP contribution in [-0.2, 0) is 11.3 Å². The number of hydrogen-bond donors (Lipinski definition) is 2. The fourth-order valence-corrected chi connectivity index (χ4v) is 3.69. The molecule has 0 aliphatic carbocycles. The Kier molecular flexibility index (Phi) is 9.12. The average Bonchev–Trinajstić information content (AvgIpc) is 3.10. The SMILES string of the molecule is CCNC(=NCc1sc(C)nc1C)NC1CCN(C(=O)C(C)C)C1.I. The Balaban J connectivity index is 0.00000312. The molecular weight excluding hydrogens is 449 g/mol. The van der Waals surface area contributed by atoms with Crippen LogP contribution < -0.4 is 10.6 Å². The minimum atomic E-state index is 0. The molecule has 0 aromatic carbocycles. The predicted molar refractivity (Wildman–Crippen MR) is 115 cm³/mol.